The molecule has 0 atom stereocenters. The number of rotatable bonds is 12. The van der Waals surface area contributed by atoms with Gasteiger partial charge in [0.2, 0.25) is 0 Å². The number of hydrogen-bond acceptors (Lipinski definition) is 0. The van der Waals surface area contributed by atoms with Crippen LogP contribution in [0.15, 0.2) is 84.9 Å². The second-order valence-electron chi connectivity index (χ2n) is 22.8. The Morgan fingerprint density at radius 1 is 0.484 bits per heavy atom. The van der Waals surface area contributed by atoms with Crippen molar-refractivity contribution in [2.45, 2.75) is 171 Å². The molecule has 0 aliphatic carbocycles. The minimum atomic E-state index is -1.41. The van der Waals surface area contributed by atoms with Crippen molar-refractivity contribution < 1.29 is 20.8 Å². The Morgan fingerprint density at radius 3 is 0.969 bits per heavy atom. The van der Waals surface area contributed by atoms with E-state index in [1.165, 1.54) is 91.7 Å². The van der Waals surface area contributed by atoms with E-state index < -0.39 is 53.1 Å². The van der Waals surface area contributed by atoms with Crippen LogP contribution in [0.4, 0.5) is 0 Å². The van der Waals surface area contributed by atoms with Gasteiger partial charge in [0, 0.05) is 9.52 Å². The van der Waals surface area contributed by atoms with Gasteiger partial charge in [0.15, 0.2) is 0 Å². The van der Waals surface area contributed by atoms with Gasteiger partial charge < -0.3 is 0 Å². The minimum absolute atomic E-state index is 0.518. The predicted molar refractivity (Wildman–Crippen MR) is 307 cm³/mol. The molecule has 6 aromatic rings. The molecule has 0 aliphatic heterocycles. The summed E-state index contributed by atoms with van der Waals surface area (Å²) in [5, 5.41) is 12.1. The Balaban J connectivity index is 0.000000303. The van der Waals surface area contributed by atoms with Crippen molar-refractivity contribution >= 4 is 101 Å². The van der Waals surface area contributed by atoms with Crippen molar-refractivity contribution in [2.24, 2.45) is 0 Å². The molecule has 346 valence electrons. The molecule has 6 aromatic carbocycles. The molecule has 0 heterocycles. The van der Waals surface area contributed by atoms with E-state index in [9.17, 15) is 0 Å². The molecule has 2 radical (unpaired) electrons. The fourth-order valence-electron chi connectivity index (χ4n) is 8.47. The molecule has 0 saturated heterocycles. The second kappa shape index (κ2) is 24.3. The summed E-state index contributed by atoms with van der Waals surface area (Å²) in [6.07, 6.45) is 4.74. The Morgan fingerprint density at radius 2 is 0.750 bits per heavy atom. The number of benzene rings is 4. The van der Waals surface area contributed by atoms with E-state index in [-0.39, 0.29) is 0 Å². The molecule has 8 heteroatoms. The molecular formula is C56H84Cl2Si5Zr. The molecular weight excluding hydrogens is 975 g/mol. The van der Waals surface area contributed by atoms with Crippen LogP contribution in [0.2, 0.25) is 91.7 Å². The molecule has 6 rings (SSSR count). The van der Waals surface area contributed by atoms with Crippen LogP contribution < -0.4 is 20.7 Å². The summed E-state index contributed by atoms with van der Waals surface area (Å²) in [5.41, 5.74) is 11.8. The van der Waals surface area contributed by atoms with E-state index in [1.54, 1.807) is 20.7 Å². The molecule has 0 aliphatic rings. The van der Waals surface area contributed by atoms with Crippen LogP contribution in [0, 0.1) is 0 Å². The fraction of sp³-hybridized carbons (Fsp3) is 0.464. The molecule has 0 N–H and O–H groups in total. The third kappa shape index (κ3) is 15.3. The summed E-state index contributed by atoms with van der Waals surface area (Å²) < 4.78 is 0. The van der Waals surface area contributed by atoms with E-state index in [0.717, 1.165) is 9.52 Å². The third-order valence-electron chi connectivity index (χ3n) is 12.2. The van der Waals surface area contributed by atoms with Crippen LogP contribution in [0.25, 0.3) is 43.8 Å². The zero-order chi connectivity index (χ0) is 48.5. The standard InChI is InChI=1S/2C27H39Si2.C2H6Si.2ClH.Zr/c2*1-10-11-20-14-21-12-13-25(19(2)3)27(26(21)15-20)22-16-23(28(4,5)6)18-24(17-22)29(7,8)9;1-3-2;;;/h2*12-19H,10-11H2,1-9H3;1-2H3;2*1H;/q2*-1;;;;+4/p-2. The van der Waals surface area contributed by atoms with Gasteiger partial charge in [0.05, 0.1) is 32.3 Å². The van der Waals surface area contributed by atoms with E-state index >= 15 is 0 Å². The maximum absolute atomic E-state index is 4.93. The summed E-state index contributed by atoms with van der Waals surface area (Å²) in [6.45, 7) is 47.9. The average molecular weight is 1060 g/mol. The second-order valence-corrected chi connectivity index (χ2v) is 47.8. The van der Waals surface area contributed by atoms with Crippen LogP contribution in [0.3, 0.4) is 0 Å². The Hall–Kier alpha value is -1.35. The van der Waals surface area contributed by atoms with Crippen LogP contribution in [0.5, 0.6) is 0 Å². The van der Waals surface area contributed by atoms with Gasteiger partial charge in [-0.3, -0.25) is 0 Å². The first-order chi connectivity index (χ1) is 29.7. The summed E-state index contributed by atoms with van der Waals surface area (Å²) in [4.78, 5) is 0. The summed E-state index contributed by atoms with van der Waals surface area (Å²) in [6, 6.07) is 34.4. The fourth-order valence-corrected chi connectivity index (χ4v) is 13.5. The summed E-state index contributed by atoms with van der Waals surface area (Å²) in [5.74, 6) is 1.04. The van der Waals surface area contributed by atoms with Gasteiger partial charge in [-0.2, -0.15) is 12.1 Å². The first-order valence-electron chi connectivity index (χ1n) is 24.0. The first kappa shape index (κ1) is 57.0. The zero-order valence-corrected chi connectivity index (χ0v) is 52.8. The average Bonchev–Trinajstić information content (AvgIpc) is 3.80. The number of hydrogen-bond donors (Lipinski definition) is 0. The SMILES string of the molecule is CCCc1cc2c(-c3cc([Si](C)(C)C)cc([Si](C)(C)C)c3)c(C(C)C)ccc2[cH-]1.CCCc1cc2c(-c3cc([Si](C)(C)C)cc([Si](C)(C)C)c3)c(C(C)C)ccc2[cH-]1.C[Si]C.[Cl][Zr+2][Cl]. The van der Waals surface area contributed by atoms with Gasteiger partial charge >= 0.3 is 37.9 Å². The molecule has 0 unspecified atom stereocenters. The van der Waals surface area contributed by atoms with Crippen LogP contribution >= 0.6 is 17.0 Å². The van der Waals surface area contributed by atoms with E-state index in [4.69, 9.17) is 17.0 Å². The molecule has 0 aromatic heterocycles. The normalized spacial score (nSPS) is 12.1. The number of aryl methyl sites for hydroxylation is 2. The van der Waals surface area contributed by atoms with Gasteiger partial charge in [0.25, 0.3) is 0 Å². The third-order valence-corrected chi connectivity index (χ3v) is 20.3. The Labute approximate surface area is 418 Å². The summed E-state index contributed by atoms with van der Waals surface area (Å²) in [7, 11) is 5.33. The first-order valence-corrected chi connectivity index (χ1v) is 46.3. The van der Waals surface area contributed by atoms with Crippen LogP contribution in [-0.4, -0.2) is 41.8 Å². The van der Waals surface area contributed by atoms with Crippen molar-refractivity contribution in [3.63, 3.8) is 0 Å². The molecule has 0 saturated carbocycles. The van der Waals surface area contributed by atoms with Crippen LogP contribution in [0.1, 0.15) is 88.5 Å². The van der Waals surface area contributed by atoms with Crippen molar-refractivity contribution in [2.75, 3.05) is 0 Å². The van der Waals surface area contributed by atoms with Gasteiger partial charge in [-0.05, 0) is 35.8 Å². The predicted octanol–water partition coefficient (Wildman–Crippen LogP) is 16.9. The van der Waals surface area contributed by atoms with Gasteiger partial charge in [-0.25, -0.2) is 0 Å². The monoisotopic (exact) mass is 1060 g/mol. The molecule has 0 fully saturated rings. The molecule has 0 bridgehead atoms. The molecule has 0 amide bonds. The van der Waals surface area contributed by atoms with Crippen molar-refractivity contribution in [3.8, 4) is 22.3 Å². The maximum atomic E-state index is 4.93. The quantitative estimate of drug-likeness (QED) is 0.0846. The van der Waals surface area contributed by atoms with Crippen molar-refractivity contribution in [1.29, 1.82) is 0 Å². The zero-order valence-electron chi connectivity index (χ0n) is 43.8. The van der Waals surface area contributed by atoms with Crippen LogP contribution in [-0.2, 0) is 33.7 Å². The van der Waals surface area contributed by atoms with Gasteiger partial charge in [-0.1, -0.05) is 225 Å². The Bertz CT molecular complexity index is 2180. The number of fused-ring (bicyclic) bond motifs is 2. The van der Waals surface area contributed by atoms with Gasteiger partial charge in [0.1, 0.15) is 0 Å². The molecule has 0 spiro atoms. The molecule has 0 nitrogen and oxygen atoms in total. The summed E-state index contributed by atoms with van der Waals surface area (Å²) >= 11 is -0.826. The topological polar surface area (TPSA) is 0 Å². The van der Waals surface area contributed by atoms with E-state index in [2.05, 4.69) is 218 Å². The Kier molecular flexibility index (Phi) is 21.6. The molecule has 64 heavy (non-hydrogen) atoms. The van der Waals surface area contributed by atoms with Gasteiger partial charge in [-0.15, -0.1) is 69.1 Å². The number of halogens is 2. The van der Waals surface area contributed by atoms with Crippen molar-refractivity contribution in [1.82, 2.24) is 0 Å². The van der Waals surface area contributed by atoms with Crippen molar-refractivity contribution in [3.05, 3.63) is 107 Å². The van der Waals surface area contributed by atoms with E-state index in [1.807, 2.05) is 0 Å². The van der Waals surface area contributed by atoms with E-state index in [0.29, 0.717) is 11.8 Å².